The molecule has 0 aliphatic heterocycles. The molecule has 0 aliphatic carbocycles. The molecule has 0 saturated heterocycles. The molecule has 0 unspecified atom stereocenters. The number of aromatic hydroxyl groups is 1. The summed E-state index contributed by atoms with van der Waals surface area (Å²) in [4.78, 5) is 10.8. The Kier molecular flexibility index (Phi) is 5.44. The Morgan fingerprint density at radius 1 is 1.32 bits per heavy atom. The topological polar surface area (TPSA) is 104 Å². The van der Waals surface area contributed by atoms with Crippen molar-refractivity contribution in [2.45, 2.75) is 12.8 Å². The summed E-state index contributed by atoms with van der Waals surface area (Å²) in [5.74, 6) is -1.31. The highest BCUT2D eigenvalue weighted by Gasteiger charge is 2.14. The van der Waals surface area contributed by atoms with Gasteiger partial charge in [0.05, 0.1) is 17.0 Å². The van der Waals surface area contributed by atoms with Crippen LogP contribution in [0.3, 0.4) is 0 Å². The highest BCUT2D eigenvalue weighted by Crippen LogP contribution is 2.25. The van der Waals surface area contributed by atoms with Crippen molar-refractivity contribution in [3.05, 3.63) is 23.8 Å². The van der Waals surface area contributed by atoms with Crippen molar-refractivity contribution in [1.82, 2.24) is 0 Å². The number of nitrogens with one attached hydrogen (secondary N) is 1. The second kappa shape index (κ2) is 6.63. The summed E-state index contributed by atoms with van der Waals surface area (Å²) in [7, 11) is -3.63. The molecule has 0 heterocycles. The number of benzene rings is 1. The van der Waals surface area contributed by atoms with E-state index in [1.807, 2.05) is 0 Å². The first-order valence-electron chi connectivity index (χ1n) is 5.48. The van der Waals surface area contributed by atoms with Gasteiger partial charge in [0.1, 0.15) is 5.75 Å². The lowest BCUT2D eigenvalue weighted by Gasteiger charge is -2.10. The standard InChI is InChI=1S/C11H14ClNO5S/c12-5-1-2-6-19(17,18)13-9-7-8(11(15)16)3-4-10(9)14/h3-4,7,13-14H,1-2,5-6H2,(H,15,16). The maximum atomic E-state index is 11.7. The normalized spacial score (nSPS) is 11.2. The maximum Gasteiger partial charge on any atom is 0.335 e. The molecule has 0 radical (unpaired) electrons. The van der Waals surface area contributed by atoms with Gasteiger partial charge in [0.15, 0.2) is 0 Å². The molecule has 19 heavy (non-hydrogen) atoms. The summed E-state index contributed by atoms with van der Waals surface area (Å²) in [6, 6.07) is 3.37. The lowest BCUT2D eigenvalue weighted by atomic mass is 10.2. The van der Waals surface area contributed by atoms with Crippen molar-refractivity contribution in [2.24, 2.45) is 0 Å². The molecule has 1 aromatic carbocycles. The number of carboxylic acid groups (broad SMARTS) is 1. The Hall–Kier alpha value is -1.47. The van der Waals surface area contributed by atoms with Crippen LogP contribution in [0.15, 0.2) is 18.2 Å². The van der Waals surface area contributed by atoms with E-state index in [0.29, 0.717) is 18.7 Å². The SMILES string of the molecule is O=C(O)c1ccc(O)c(NS(=O)(=O)CCCCCl)c1. The van der Waals surface area contributed by atoms with Gasteiger partial charge < -0.3 is 10.2 Å². The van der Waals surface area contributed by atoms with E-state index in [-0.39, 0.29) is 22.8 Å². The zero-order valence-electron chi connectivity index (χ0n) is 9.97. The highest BCUT2D eigenvalue weighted by molar-refractivity contribution is 7.92. The lowest BCUT2D eigenvalue weighted by Crippen LogP contribution is -2.17. The predicted octanol–water partition coefficient (Wildman–Crippen LogP) is 1.85. The molecule has 0 spiro atoms. The van der Waals surface area contributed by atoms with Gasteiger partial charge in [-0.2, -0.15) is 0 Å². The van der Waals surface area contributed by atoms with Gasteiger partial charge in [-0.25, -0.2) is 13.2 Å². The van der Waals surface area contributed by atoms with Crippen molar-refractivity contribution in [3.63, 3.8) is 0 Å². The van der Waals surface area contributed by atoms with Crippen LogP contribution in [0.25, 0.3) is 0 Å². The highest BCUT2D eigenvalue weighted by atomic mass is 35.5. The monoisotopic (exact) mass is 307 g/mol. The molecule has 0 atom stereocenters. The van der Waals surface area contributed by atoms with Crippen LogP contribution in [-0.4, -0.2) is 36.2 Å². The number of unbranched alkanes of at least 4 members (excludes halogenated alkanes) is 1. The van der Waals surface area contributed by atoms with Crippen LogP contribution >= 0.6 is 11.6 Å². The molecule has 3 N–H and O–H groups in total. The van der Waals surface area contributed by atoms with Crippen molar-refractivity contribution in [3.8, 4) is 5.75 Å². The van der Waals surface area contributed by atoms with Crippen LogP contribution in [0, 0.1) is 0 Å². The largest absolute Gasteiger partial charge is 0.506 e. The van der Waals surface area contributed by atoms with E-state index in [1.165, 1.54) is 6.07 Å². The van der Waals surface area contributed by atoms with Crippen LogP contribution in [0.4, 0.5) is 5.69 Å². The third kappa shape index (κ3) is 4.96. The molecule has 8 heteroatoms. The maximum absolute atomic E-state index is 11.7. The zero-order chi connectivity index (χ0) is 14.5. The first kappa shape index (κ1) is 15.6. The van der Waals surface area contributed by atoms with E-state index >= 15 is 0 Å². The van der Waals surface area contributed by atoms with E-state index in [1.54, 1.807) is 0 Å². The number of sulfonamides is 1. The number of alkyl halides is 1. The number of carbonyl (C=O) groups is 1. The van der Waals surface area contributed by atoms with Gasteiger partial charge in [-0.1, -0.05) is 0 Å². The number of rotatable bonds is 7. The van der Waals surface area contributed by atoms with Crippen LogP contribution in [0.1, 0.15) is 23.2 Å². The van der Waals surface area contributed by atoms with Crippen molar-refractivity contribution in [2.75, 3.05) is 16.4 Å². The van der Waals surface area contributed by atoms with Crippen molar-refractivity contribution >= 4 is 33.3 Å². The Bertz CT molecular complexity index is 558. The van der Waals surface area contributed by atoms with Gasteiger partial charge in [0.25, 0.3) is 0 Å². The number of phenolic OH excluding ortho intramolecular Hbond substituents is 1. The van der Waals surface area contributed by atoms with E-state index < -0.39 is 16.0 Å². The number of halogens is 1. The fraction of sp³-hybridized carbons (Fsp3) is 0.364. The average molecular weight is 308 g/mol. The Labute approximate surface area is 116 Å². The van der Waals surface area contributed by atoms with E-state index in [0.717, 1.165) is 12.1 Å². The number of hydrogen-bond donors (Lipinski definition) is 3. The number of anilines is 1. The number of phenols is 1. The smallest absolute Gasteiger partial charge is 0.335 e. The summed E-state index contributed by atoms with van der Waals surface area (Å²) in [5.41, 5.74) is -0.262. The third-order valence-corrected chi connectivity index (χ3v) is 3.93. The zero-order valence-corrected chi connectivity index (χ0v) is 11.5. The fourth-order valence-electron chi connectivity index (χ4n) is 1.36. The molecular weight excluding hydrogens is 294 g/mol. The van der Waals surface area contributed by atoms with Crippen LogP contribution < -0.4 is 4.72 Å². The van der Waals surface area contributed by atoms with Gasteiger partial charge >= 0.3 is 5.97 Å². The van der Waals surface area contributed by atoms with E-state index in [2.05, 4.69) is 4.72 Å². The first-order chi connectivity index (χ1) is 8.85. The summed E-state index contributed by atoms with van der Waals surface area (Å²) >= 11 is 5.45. The quantitative estimate of drug-likeness (QED) is 0.405. The minimum absolute atomic E-state index is 0.115. The van der Waals surface area contributed by atoms with Crippen LogP contribution in [0.2, 0.25) is 0 Å². The Morgan fingerprint density at radius 2 is 2.00 bits per heavy atom. The van der Waals surface area contributed by atoms with Crippen molar-refractivity contribution < 1.29 is 23.4 Å². The Balaban J connectivity index is 2.86. The summed E-state index contributed by atoms with van der Waals surface area (Å²) in [5, 5.41) is 18.3. The fourth-order valence-corrected chi connectivity index (χ4v) is 2.73. The molecule has 1 rings (SSSR count). The first-order valence-corrected chi connectivity index (χ1v) is 7.67. The summed E-state index contributed by atoms with van der Waals surface area (Å²) in [6.45, 7) is 0. The molecule has 106 valence electrons. The second-order valence-corrected chi connectivity index (χ2v) is 6.07. The minimum atomic E-state index is -3.63. The van der Waals surface area contributed by atoms with Gasteiger partial charge in [-0.3, -0.25) is 4.72 Å². The molecule has 0 aromatic heterocycles. The molecule has 0 amide bonds. The van der Waals surface area contributed by atoms with Crippen molar-refractivity contribution in [1.29, 1.82) is 0 Å². The third-order valence-electron chi connectivity index (χ3n) is 2.31. The predicted molar refractivity (Wildman–Crippen MR) is 72.4 cm³/mol. The molecule has 6 nitrogen and oxygen atoms in total. The average Bonchev–Trinajstić information content (AvgIpc) is 2.31. The Morgan fingerprint density at radius 3 is 2.58 bits per heavy atom. The number of aromatic carboxylic acids is 1. The van der Waals surface area contributed by atoms with Gasteiger partial charge in [0.2, 0.25) is 10.0 Å². The second-order valence-electron chi connectivity index (χ2n) is 3.85. The van der Waals surface area contributed by atoms with Gasteiger partial charge in [-0.05, 0) is 31.0 Å². The van der Waals surface area contributed by atoms with Crippen LogP contribution in [0.5, 0.6) is 5.75 Å². The van der Waals surface area contributed by atoms with Gasteiger partial charge in [0, 0.05) is 5.88 Å². The lowest BCUT2D eigenvalue weighted by molar-refractivity contribution is 0.0697. The summed E-state index contributed by atoms with van der Waals surface area (Å²) in [6.07, 6.45) is 0.946. The summed E-state index contributed by atoms with van der Waals surface area (Å²) < 4.78 is 25.5. The van der Waals surface area contributed by atoms with E-state index in [9.17, 15) is 18.3 Å². The number of hydrogen-bond acceptors (Lipinski definition) is 4. The molecule has 1 aromatic rings. The minimum Gasteiger partial charge on any atom is -0.506 e. The molecule has 0 fully saturated rings. The van der Waals surface area contributed by atoms with E-state index in [4.69, 9.17) is 16.7 Å². The molecule has 0 saturated carbocycles. The molecular formula is C11H14ClNO5S. The van der Waals surface area contributed by atoms with Crippen LogP contribution in [-0.2, 0) is 10.0 Å². The number of carboxylic acids is 1. The molecule has 0 bridgehead atoms. The van der Waals surface area contributed by atoms with Gasteiger partial charge in [-0.15, -0.1) is 11.6 Å². The molecule has 0 aliphatic rings.